The van der Waals surface area contributed by atoms with Crippen LogP contribution in [0.25, 0.3) is 34.2 Å². The van der Waals surface area contributed by atoms with Gasteiger partial charge >= 0.3 is 6.09 Å². The van der Waals surface area contributed by atoms with Gasteiger partial charge in [0.25, 0.3) is 0 Å². The average Bonchev–Trinajstić information content (AvgIpc) is 3.39. The highest BCUT2D eigenvalue weighted by atomic mass is 16.6. The fourth-order valence-electron chi connectivity index (χ4n) is 3.02. The Morgan fingerprint density at radius 2 is 1.65 bits per heavy atom. The van der Waals surface area contributed by atoms with Crippen LogP contribution in [0.3, 0.4) is 0 Å². The molecule has 0 bridgehead atoms. The van der Waals surface area contributed by atoms with E-state index in [-0.39, 0.29) is 6.67 Å². The first-order valence-electron chi connectivity index (χ1n) is 10.0. The molecule has 0 spiro atoms. The van der Waals surface area contributed by atoms with Crippen molar-refractivity contribution in [1.29, 1.82) is 0 Å². The van der Waals surface area contributed by atoms with E-state index in [1.165, 1.54) is 0 Å². The summed E-state index contributed by atoms with van der Waals surface area (Å²) in [6.07, 6.45) is 1.27. The van der Waals surface area contributed by atoms with E-state index in [9.17, 15) is 4.79 Å². The van der Waals surface area contributed by atoms with Crippen molar-refractivity contribution in [3.8, 4) is 34.2 Å². The van der Waals surface area contributed by atoms with Gasteiger partial charge in [-0.25, -0.2) is 9.78 Å². The molecule has 4 rings (SSSR count). The number of hydrogen-bond donors (Lipinski definition) is 1. The van der Waals surface area contributed by atoms with Gasteiger partial charge < -0.3 is 14.5 Å². The Morgan fingerprint density at radius 3 is 2.29 bits per heavy atom. The third-order valence-corrected chi connectivity index (χ3v) is 4.35. The molecule has 2 aromatic heterocycles. The Morgan fingerprint density at radius 1 is 1.00 bits per heavy atom. The second-order valence-corrected chi connectivity index (χ2v) is 8.01. The molecule has 7 heteroatoms. The molecular formula is C24H24N4O3. The maximum absolute atomic E-state index is 11.9. The summed E-state index contributed by atoms with van der Waals surface area (Å²) in [6.45, 7) is 5.63. The van der Waals surface area contributed by atoms with Gasteiger partial charge in [-0.1, -0.05) is 48.5 Å². The Labute approximate surface area is 180 Å². The van der Waals surface area contributed by atoms with E-state index >= 15 is 0 Å². The lowest BCUT2D eigenvalue weighted by Crippen LogP contribution is -2.33. The molecule has 0 radical (unpaired) electrons. The molecule has 0 aliphatic heterocycles. The molecule has 0 saturated carbocycles. The highest BCUT2D eigenvalue weighted by molar-refractivity contribution is 5.77. The fourth-order valence-corrected chi connectivity index (χ4v) is 3.02. The third-order valence-electron chi connectivity index (χ3n) is 4.35. The summed E-state index contributed by atoms with van der Waals surface area (Å²) in [6, 6.07) is 21.4. The van der Waals surface area contributed by atoms with E-state index in [2.05, 4.69) is 10.4 Å². The molecule has 0 fully saturated rings. The smallest absolute Gasteiger partial charge is 0.409 e. The van der Waals surface area contributed by atoms with Crippen molar-refractivity contribution in [1.82, 2.24) is 20.1 Å². The van der Waals surface area contributed by atoms with Crippen LogP contribution in [0.5, 0.6) is 0 Å². The van der Waals surface area contributed by atoms with Gasteiger partial charge in [0.2, 0.25) is 5.89 Å². The lowest BCUT2D eigenvalue weighted by molar-refractivity contribution is 0.0508. The normalized spacial score (nSPS) is 11.3. The summed E-state index contributed by atoms with van der Waals surface area (Å²) >= 11 is 0. The number of ether oxygens (including phenoxy) is 1. The maximum atomic E-state index is 11.9. The second kappa shape index (κ2) is 8.47. The molecule has 31 heavy (non-hydrogen) atoms. The molecule has 2 aromatic carbocycles. The number of nitrogens with one attached hydrogen (secondary N) is 1. The van der Waals surface area contributed by atoms with Crippen LogP contribution in [0.1, 0.15) is 20.8 Å². The SMILES string of the molecule is CC(C)(C)OC(=O)NCn1ccc(-c2oc(-c3ccccc3)nc2-c2ccccc2)n1. The molecule has 1 amide bonds. The van der Waals surface area contributed by atoms with Crippen LogP contribution in [0.2, 0.25) is 0 Å². The molecule has 158 valence electrons. The van der Waals surface area contributed by atoms with Crippen molar-refractivity contribution in [3.63, 3.8) is 0 Å². The minimum Gasteiger partial charge on any atom is -0.444 e. The number of benzene rings is 2. The molecule has 0 aliphatic rings. The van der Waals surface area contributed by atoms with E-state index in [1.54, 1.807) is 10.9 Å². The van der Waals surface area contributed by atoms with Crippen LogP contribution in [-0.2, 0) is 11.4 Å². The van der Waals surface area contributed by atoms with Gasteiger partial charge in [-0.3, -0.25) is 4.68 Å². The van der Waals surface area contributed by atoms with Crippen molar-refractivity contribution >= 4 is 6.09 Å². The number of alkyl carbamates (subject to hydrolysis) is 1. The van der Waals surface area contributed by atoms with E-state index in [0.29, 0.717) is 23.0 Å². The number of hydrogen-bond acceptors (Lipinski definition) is 5. The van der Waals surface area contributed by atoms with Crippen molar-refractivity contribution in [2.75, 3.05) is 0 Å². The van der Waals surface area contributed by atoms with Gasteiger partial charge in [-0.15, -0.1) is 0 Å². The van der Waals surface area contributed by atoms with Gasteiger partial charge in [0.15, 0.2) is 5.76 Å². The monoisotopic (exact) mass is 416 g/mol. The van der Waals surface area contributed by atoms with Gasteiger partial charge in [0.1, 0.15) is 23.7 Å². The molecule has 0 atom stereocenters. The predicted molar refractivity (Wildman–Crippen MR) is 118 cm³/mol. The first kappa shape index (κ1) is 20.4. The highest BCUT2D eigenvalue weighted by Crippen LogP contribution is 2.35. The topological polar surface area (TPSA) is 82.2 Å². The Bertz CT molecular complexity index is 1160. The summed E-state index contributed by atoms with van der Waals surface area (Å²) in [5, 5.41) is 7.25. The van der Waals surface area contributed by atoms with Gasteiger partial charge in [-0.2, -0.15) is 5.10 Å². The number of carbonyl (C=O) groups excluding carboxylic acids is 1. The number of nitrogens with zero attached hydrogens (tertiary/aromatic N) is 3. The first-order chi connectivity index (χ1) is 14.9. The molecule has 0 aliphatic carbocycles. The van der Waals surface area contributed by atoms with Gasteiger partial charge in [0, 0.05) is 17.3 Å². The molecule has 7 nitrogen and oxygen atoms in total. The number of amides is 1. The molecule has 4 aromatic rings. The Hall–Kier alpha value is -3.87. The minimum absolute atomic E-state index is 0.176. The van der Waals surface area contributed by atoms with E-state index in [1.807, 2.05) is 87.5 Å². The van der Waals surface area contributed by atoms with Gasteiger partial charge in [-0.05, 0) is 39.0 Å². The minimum atomic E-state index is -0.558. The van der Waals surface area contributed by atoms with Crippen LogP contribution in [-0.4, -0.2) is 26.5 Å². The largest absolute Gasteiger partial charge is 0.444 e. The van der Waals surface area contributed by atoms with Crippen molar-refractivity contribution in [3.05, 3.63) is 72.9 Å². The van der Waals surface area contributed by atoms with E-state index < -0.39 is 11.7 Å². The number of carbonyl (C=O) groups is 1. The average molecular weight is 416 g/mol. The number of oxazole rings is 1. The lowest BCUT2D eigenvalue weighted by atomic mass is 10.1. The number of rotatable bonds is 5. The summed E-state index contributed by atoms with van der Waals surface area (Å²) in [7, 11) is 0. The zero-order valence-corrected chi connectivity index (χ0v) is 17.7. The zero-order valence-electron chi connectivity index (χ0n) is 17.7. The maximum Gasteiger partial charge on any atom is 0.409 e. The van der Waals surface area contributed by atoms with E-state index in [0.717, 1.165) is 11.1 Å². The zero-order chi connectivity index (χ0) is 21.8. The summed E-state index contributed by atoms with van der Waals surface area (Å²) in [5.41, 5.74) is 2.60. The molecule has 2 heterocycles. The summed E-state index contributed by atoms with van der Waals surface area (Å²) < 4.78 is 13.0. The van der Waals surface area contributed by atoms with Crippen LogP contribution < -0.4 is 5.32 Å². The molecule has 0 saturated heterocycles. The first-order valence-corrected chi connectivity index (χ1v) is 10.0. The Kier molecular flexibility index (Phi) is 5.58. The van der Waals surface area contributed by atoms with Crippen molar-refractivity contribution < 1.29 is 13.9 Å². The van der Waals surface area contributed by atoms with Crippen LogP contribution in [0.15, 0.2) is 77.3 Å². The van der Waals surface area contributed by atoms with Crippen molar-refractivity contribution in [2.45, 2.75) is 33.0 Å². The number of aromatic nitrogens is 3. The quantitative estimate of drug-likeness (QED) is 0.474. The summed E-state index contributed by atoms with van der Waals surface area (Å²) in [5.74, 6) is 1.09. The molecule has 1 N–H and O–H groups in total. The highest BCUT2D eigenvalue weighted by Gasteiger charge is 2.20. The fraction of sp³-hybridized carbons (Fsp3) is 0.208. The summed E-state index contributed by atoms with van der Waals surface area (Å²) in [4.78, 5) is 16.7. The standard InChI is InChI=1S/C24H24N4O3/c1-24(2,3)31-23(29)25-16-28-15-14-19(27-28)21-20(17-10-6-4-7-11-17)26-22(30-21)18-12-8-5-9-13-18/h4-15H,16H2,1-3H3,(H,25,29). The Balaban J connectivity index is 1.62. The lowest BCUT2D eigenvalue weighted by Gasteiger charge is -2.19. The van der Waals surface area contributed by atoms with Crippen LogP contribution in [0.4, 0.5) is 4.79 Å². The predicted octanol–water partition coefficient (Wildman–Crippen LogP) is 5.35. The van der Waals surface area contributed by atoms with Gasteiger partial charge in [0.05, 0.1) is 0 Å². The second-order valence-electron chi connectivity index (χ2n) is 8.01. The third kappa shape index (κ3) is 5.01. The van der Waals surface area contributed by atoms with Crippen molar-refractivity contribution in [2.24, 2.45) is 0 Å². The van der Waals surface area contributed by atoms with Crippen LogP contribution in [0, 0.1) is 0 Å². The van der Waals surface area contributed by atoms with Crippen LogP contribution >= 0.6 is 0 Å². The van der Waals surface area contributed by atoms with E-state index in [4.69, 9.17) is 14.1 Å². The molecular weight excluding hydrogens is 392 g/mol. The molecule has 0 unspecified atom stereocenters.